The van der Waals surface area contributed by atoms with Gasteiger partial charge >= 0.3 is 0 Å². The van der Waals surface area contributed by atoms with Crippen LogP contribution in [0.1, 0.15) is 25.8 Å². The van der Waals surface area contributed by atoms with Crippen molar-refractivity contribution in [2.24, 2.45) is 11.1 Å². The lowest BCUT2D eigenvalue weighted by Crippen LogP contribution is -2.52. The molecule has 1 aliphatic rings. The molecule has 0 saturated carbocycles. The summed E-state index contributed by atoms with van der Waals surface area (Å²) in [5, 5.41) is 0. The Labute approximate surface area is 111 Å². The third-order valence-corrected chi connectivity index (χ3v) is 3.84. The number of likely N-dealkylation sites (tertiary alicyclic amines) is 1. The molecule has 0 amide bonds. The molecule has 19 heavy (non-hydrogen) atoms. The van der Waals surface area contributed by atoms with Crippen molar-refractivity contribution in [2.75, 3.05) is 13.1 Å². The average Bonchev–Trinajstić information content (AvgIpc) is 2.30. The second kappa shape index (κ2) is 5.13. The van der Waals surface area contributed by atoms with E-state index in [0.717, 1.165) is 31.6 Å². The molecule has 1 aromatic rings. The standard InChI is InChI=1S/C14H19F3N2/c1-14(2)8-19(4-3-12(14)18)7-9-5-10(15)13(17)11(16)6-9/h5-6,12H,3-4,7-8,18H2,1-2H3. The van der Waals surface area contributed by atoms with E-state index in [1.807, 2.05) is 0 Å². The minimum absolute atomic E-state index is 0.0324. The van der Waals surface area contributed by atoms with Crippen molar-refractivity contribution in [3.63, 3.8) is 0 Å². The Bertz CT molecular complexity index is 451. The first kappa shape index (κ1) is 14.3. The molecule has 1 saturated heterocycles. The lowest BCUT2D eigenvalue weighted by Gasteiger charge is -2.42. The van der Waals surface area contributed by atoms with Crippen LogP contribution in [0, 0.1) is 22.9 Å². The number of piperidine rings is 1. The van der Waals surface area contributed by atoms with Crippen molar-refractivity contribution < 1.29 is 13.2 Å². The number of rotatable bonds is 2. The van der Waals surface area contributed by atoms with E-state index >= 15 is 0 Å². The van der Waals surface area contributed by atoms with E-state index in [1.54, 1.807) is 0 Å². The van der Waals surface area contributed by atoms with Gasteiger partial charge in [0.25, 0.3) is 0 Å². The third-order valence-electron chi connectivity index (χ3n) is 3.84. The van der Waals surface area contributed by atoms with Crippen molar-refractivity contribution >= 4 is 0 Å². The summed E-state index contributed by atoms with van der Waals surface area (Å²) in [6.45, 7) is 6.11. The third kappa shape index (κ3) is 3.09. The first-order chi connectivity index (χ1) is 8.79. The highest BCUT2D eigenvalue weighted by Gasteiger charge is 2.33. The first-order valence-corrected chi connectivity index (χ1v) is 6.41. The number of halogens is 3. The van der Waals surface area contributed by atoms with Gasteiger partial charge < -0.3 is 5.73 Å². The van der Waals surface area contributed by atoms with Gasteiger partial charge in [0.15, 0.2) is 17.5 Å². The van der Waals surface area contributed by atoms with Gasteiger partial charge in [0.1, 0.15) is 0 Å². The lowest BCUT2D eigenvalue weighted by atomic mass is 9.79. The molecule has 1 aromatic carbocycles. The van der Waals surface area contributed by atoms with Crippen molar-refractivity contribution in [3.8, 4) is 0 Å². The molecule has 0 spiro atoms. The number of nitrogens with zero attached hydrogens (tertiary/aromatic N) is 1. The van der Waals surface area contributed by atoms with Crippen LogP contribution in [-0.4, -0.2) is 24.0 Å². The molecular weight excluding hydrogens is 253 g/mol. The van der Waals surface area contributed by atoms with E-state index in [1.165, 1.54) is 0 Å². The van der Waals surface area contributed by atoms with Crippen molar-refractivity contribution in [1.82, 2.24) is 4.90 Å². The highest BCUT2D eigenvalue weighted by Crippen LogP contribution is 2.28. The normalized spacial score (nSPS) is 23.6. The highest BCUT2D eigenvalue weighted by molar-refractivity contribution is 5.19. The van der Waals surface area contributed by atoms with Crippen LogP contribution in [-0.2, 0) is 6.54 Å². The molecule has 2 nitrogen and oxygen atoms in total. The van der Waals surface area contributed by atoms with Gasteiger partial charge in [-0.2, -0.15) is 0 Å². The molecule has 1 atom stereocenters. The maximum absolute atomic E-state index is 13.2. The van der Waals surface area contributed by atoms with E-state index in [2.05, 4.69) is 18.7 Å². The Hall–Kier alpha value is -1.07. The highest BCUT2D eigenvalue weighted by atomic mass is 19.2. The Balaban J connectivity index is 2.10. The summed E-state index contributed by atoms with van der Waals surface area (Å²) in [6.07, 6.45) is 0.846. The van der Waals surface area contributed by atoms with Gasteiger partial charge in [0, 0.05) is 25.7 Å². The fraction of sp³-hybridized carbons (Fsp3) is 0.571. The fourth-order valence-electron chi connectivity index (χ4n) is 2.58. The van der Waals surface area contributed by atoms with Gasteiger partial charge in [-0.1, -0.05) is 13.8 Å². The van der Waals surface area contributed by atoms with Crippen LogP contribution < -0.4 is 5.73 Å². The molecule has 1 heterocycles. The molecule has 2 N–H and O–H groups in total. The Morgan fingerprint density at radius 2 is 1.84 bits per heavy atom. The summed E-state index contributed by atoms with van der Waals surface area (Å²) in [6, 6.07) is 2.24. The molecule has 106 valence electrons. The van der Waals surface area contributed by atoms with E-state index in [9.17, 15) is 13.2 Å². The minimum atomic E-state index is -1.41. The Morgan fingerprint density at radius 3 is 2.37 bits per heavy atom. The Morgan fingerprint density at radius 1 is 1.26 bits per heavy atom. The first-order valence-electron chi connectivity index (χ1n) is 6.41. The van der Waals surface area contributed by atoms with E-state index in [4.69, 9.17) is 5.73 Å². The van der Waals surface area contributed by atoms with Gasteiger partial charge in [-0.25, -0.2) is 13.2 Å². The van der Waals surface area contributed by atoms with Crippen LogP contribution in [0.15, 0.2) is 12.1 Å². The summed E-state index contributed by atoms with van der Waals surface area (Å²) < 4.78 is 39.2. The molecule has 5 heteroatoms. The monoisotopic (exact) mass is 272 g/mol. The second-order valence-electron chi connectivity index (χ2n) is 5.97. The quantitative estimate of drug-likeness (QED) is 0.839. The summed E-state index contributed by atoms with van der Waals surface area (Å²) in [5.74, 6) is -3.68. The summed E-state index contributed by atoms with van der Waals surface area (Å²) >= 11 is 0. The summed E-state index contributed by atoms with van der Waals surface area (Å²) in [7, 11) is 0. The van der Waals surface area contributed by atoms with Crippen LogP contribution in [0.4, 0.5) is 13.2 Å². The molecular formula is C14H19F3N2. The van der Waals surface area contributed by atoms with E-state index in [0.29, 0.717) is 12.1 Å². The van der Waals surface area contributed by atoms with Gasteiger partial charge in [-0.15, -0.1) is 0 Å². The number of hydrogen-bond acceptors (Lipinski definition) is 2. The summed E-state index contributed by atoms with van der Waals surface area (Å²) in [5.41, 5.74) is 6.45. The lowest BCUT2D eigenvalue weighted by molar-refractivity contribution is 0.0897. The van der Waals surface area contributed by atoms with Gasteiger partial charge in [0.2, 0.25) is 0 Å². The minimum Gasteiger partial charge on any atom is -0.327 e. The average molecular weight is 272 g/mol. The predicted octanol–water partition coefficient (Wildman–Crippen LogP) is 2.66. The molecule has 1 aliphatic heterocycles. The van der Waals surface area contributed by atoms with Crippen molar-refractivity contribution in [3.05, 3.63) is 35.1 Å². The van der Waals surface area contributed by atoms with Crippen LogP contribution in [0.5, 0.6) is 0 Å². The molecule has 0 radical (unpaired) electrons. The van der Waals surface area contributed by atoms with Gasteiger partial charge in [-0.05, 0) is 29.5 Å². The smallest absolute Gasteiger partial charge is 0.194 e. The van der Waals surface area contributed by atoms with Gasteiger partial charge in [0.05, 0.1) is 0 Å². The zero-order valence-electron chi connectivity index (χ0n) is 11.2. The molecule has 0 aromatic heterocycles. The van der Waals surface area contributed by atoms with Crippen LogP contribution in [0.25, 0.3) is 0 Å². The zero-order valence-corrected chi connectivity index (χ0v) is 11.2. The van der Waals surface area contributed by atoms with Gasteiger partial charge in [-0.3, -0.25) is 4.90 Å². The van der Waals surface area contributed by atoms with Crippen LogP contribution in [0.3, 0.4) is 0 Å². The van der Waals surface area contributed by atoms with E-state index < -0.39 is 17.5 Å². The topological polar surface area (TPSA) is 29.3 Å². The maximum Gasteiger partial charge on any atom is 0.194 e. The second-order valence-corrected chi connectivity index (χ2v) is 5.97. The maximum atomic E-state index is 13.2. The van der Waals surface area contributed by atoms with Crippen LogP contribution >= 0.6 is 0 Å². The van der Waals surface area contributed by atoms with Crippen molar-refractivity contribution in [1.29, 1.82) is 0 Å². The number of benzene rings is 1. The number of nitrogens with two attached hydrogens (primary N) is 1. The fourth-order valence-corrected chi connectivity index (χ4v) is 2.58. The predicted molar refractivity (Wildman–Crippen MR) is 68.0 cm³/mol. The van der Waals surface area contributed by atoms with Crippen molar-refractivity contribution in [2.45, 2.75) is 32.9 Å². The molecule has 0 aliphatic carbocycles. The summed E-state index contributed by atoms with van der Waals surface area (Å²) in [4.78, 5) is 2.09. The van der Waals surface area contributed by atoms with E-state index in [-0.39, 0.29) is 11.5 Å². The Kier molecular flexibility index (Phi) is 3.87. The molecule has 1 unspecified atom stereocenters. The number of hydrogen-bond donors (Lipinski definition) is 1. The SMILES string of the molecule is CC1(C)CN(Cc2cc(F)c(F)c(F)c2)CCC1N. The molecule has 1 fully saturated rings. The molecule has 2 rings (SSSR count). The molecule has 0 bridgehead atoms. The largest absolute Gasteiger partial charge is 0.327 e. The van der Waals surface area contributed by atoms with Crippen LogP contribution in [0.2, 0.25) is 0 Å². The zero-order chi connectivity index (χ0) is 14.2.